The van der Waals surface area contributed by atoms with Crippen molar-refractivity contribution in [2.24, 2.45) is 0 Å². The SMILES string of the molecule is COCCOc1cc(NS(=O)(=O)c2ccc(C(C)(C)C)cc2)ccc1OC. The summed E-state index contributed by atoms with van der Waals surface area (Å²) in [7, 11) is -0.602. The molecule has 0 aliphatic carbocycles. The van der Waals surface area contributed by atoms with Gasteiger partial charge in [-0.3, -0.25) is 4.72 Å². The fourth-order valence-corrected chi connectivity index (χ4v) is 3.49. The minimum absolute atomic E-state index is 0.0415. The van der Waals surface area contributed by atoms with Crippen LogP contribution in [0.5, 0.6) is 11.5 Å². The highest BCUT2D eigenvalue weighted by atomic mass is 32.2. The predicted octanol–water partition coefficient (Wildman–Crippen LogP) is 3.82. The second kappa shape index (κ2) is 8.63. The smallest absolute Gasteiger partial charge is 0.261 e. The predicted molar refractivity (Wildman–Crippen MR) is 106 cm³/mol. The molecule has 2 rings (SSSR count). The lowest BCUT2D eigenvalue weighted by molar-refractivity contribution is 0.144. The third-order valence-corrected chi connectivity index (χ3v) is 5.39. The number of rotatable bonds is 8. The molecule has 2 aromatic carbocycles. The highest BCUT2D eigenvalue weighted by Crippen LogP contribution is 2.31. The van der Waals surface area contributed by atoms with E-state index in [0.29, 0.717) is 30.4 Å². The van der Waals surface area contributed by atoms with E-state index in [2.05, 4.69) is 25.5 Å². The molecule has 0 heterocycles. The minimum atomic E-state index is -3.71. The van der Waals surface area contributed by atoms with E-state index in [9.17, 15) is 8.42 Å². The van der Waals surface area contributed by atoms with Crippen LogP contribution >= 0.6 is 0 Å². The van der Waals surface area contributed by atoms with E-state index >= 15 is 0 Å². The molecule has 0 spiro atoms. The van der Waals surface area contributed by atoms with Crippen molar-refractivity contribution < 1.29 is 22.6 Å². The van der Waals surface area contributed by atoms with Crippen molar-refractivity contribution in [3.8, 4) is 11.5 Å². The molecule has 0 atom stereocenters. The van der Waals surface area contributed by atoms with Crippen molar-refractivity contribution in [3.63, 3.8) is 0 Å². The van der Waals surface area contributed by atoms with Gasteiger partial charge in [-0.1, -0.05) is 32.9 Å². The van der Waals surface area contributed by atoms with Crippen molar-refractivity contribution in [2.45, 2.75) is 31.1 Å². The number of hydrogen-bond acceptors (Lipinski definition) is 5. The summed E-state index contributed by atoms with van der Waals surface area (Å²) in [5, 5.41) is 0. The maximum Gasteiger partial charge on any atom is 0.261 e. The molecule has 6 nitrogen and oxygen atoms in total. The Morgan fingerprint density at radius 3 is 2.15 bits per heavy atom. The Morgan fingerprint density at radius 1 is 0.926 bits per heavy atom. The van der Waals surface area contributed by atoms with Gasteiger partial charge in [-0.25, -0.2) is 8.42 Å². The second-order valence-electron chi connectivity index (χ2n) is 7.09. The van der Waals surface area contributed by atoms with Crippen molar-refractivity contribution in [2.75, 3.05) is 32.2 Å². The first-order valence-corrected chi connectivity index (χ1v) is 10.1. The molecule has 7 heteroatoms. The van der Waals surface area contributed by atoms with Crippen LogP contribution < -0.4 is 14.2 Å². The zero-order valence-electron chi connectivity index (χ0n) is 16.4. The Balaban J connectivity index is 2.22. The Morgan fingerprint density at radius 2 is 1.59 bits per heavy atom. The molecule has 0 aromatic heterocycles. The van der Waals surface area contributed by atoms with Crippen LogP contribution in [-0.2, 0) is 20.2 Å². The molecule has 0 amide bonds. The Bertz CT molecular complexity index is 855. The minimum Gasteiger partial charge on any atom is -0.493 e. The number of methoxy groups -OCH3 is 2. The van der Waals surface area contributed by atoms with Crippen LogP contribution in [0, 0.1) is 0 Å². The molecular weight excluding hydrogens is 366 g/mol. The standard InChI is InChI=1S/C20H27NO5S/c1-20(2,3)15-6-9-17(10-7-15)27(22,23)21-16-8-11-18(25-5)19(14-16)26-13-12-24-4/h6-11,14,21H,12-13H2,1-5H3. The van der Waals surface area contributed by atoms with Gasteiger partial charge in [0.25, 0.3) is 10.0 Å². The number of anilines is 1. The summed E-state index contributed by atoms with van der Waals surface area (Å²) in [6.45, 7) is 6.99. The van der Waals surface area contributed by atoms with Crippen molar-refractivity contribution in [3.05, 3.63) is 48.0 Å². The quantitative estimate of drug-likeness (QED) is 0.690. The van der Waals surface area contributed by atoms with Gasteiger partial charge in [0.05, 0.1) is 24.3 Å². The Labute approximate surface area is 161 Å². The lowest BCUT2D eigenvalue weighted by Gasteiger charge is -2.19. The fourth-order valence-electron chi connectivity index (χ4n) is 2.44. The van der Waals surface area contributed by atoms with Gasteiger partial charge in [-0.15, -0.1) is 0 Å². The summed E-state index contributed by atoms with van der Waals surface area (Å²) in [5.74, 6) is 0.960. The van der Waals surface area contributed by atoms with Gasteiger partial charge < -0.3 is 14.2 Å². The number of hydrogen-bond donors (Lipinski definition) is 1. The van der Waals surface area contributed by atoms with Crippen LogP contribution in [0.3, 0.4) is 0 Å². The maximum atomic E-state index is 12.7. The van der Waals surface area contributed by atoms with Crippen molar-refractivity contribution in [1.82, 2.24) is 0 Å². The molecule has 27 heavy (non-hydrogen) atoms. The highest BCUT2D eigenvalue weighted by Gasteiger charge is 2.18. The number of benzene rings is 2. The van der Waals surface area contributed by atoms with E-state index in [1.165, 1.54) is 7.11 Å². The molecule has 148 valence electrons. The van der Waals surface area contributed by atoms with Gasteiger partial charge in [-0.2, -0.15) is 0 Å². The molecule has 0 saturated heterocycles. The third-order valence-electron chi connectivity index (χ3n) is 3.99. The van der Waals surface area contributed by atoms with E-state index in [4.69, 9.17) is 14.2 Å². The zero-order valence-corrected chi connectivity index (χ0v) is 17.2. The van der Waals surface area contributed by atoms with Crippen molar-refractivity contribution >= 4 is 15.7 Å². The van der Waals surface area contributed by atoms with Crippen LogP contribution in [0.4, 0.5) is 5.69 Å². The first kappa shape index (κ1) is 21.1. The molecular formula is C20H27NO5S. The van der Waals surface area contributed by atoms with Gasteiger partial charge in [0, 0.05) is 13.2 Å². The highest BCUT2D eigenvalue weighted by molar-refractivity contribution is 7.92. The summed E-state index contributed by atoms with van der Waals surface area (Å²) in [6.07, 6.45) is 0. The number of ether oxygens (including phenoxy) is 3. The van der Waals surface area contributed by atoms with Gasteiger partial charge >= 0.3 is 0 Å². The van der Waals surface area contributed by atoms with E-state index in [1.807, 2.05) is 12.1 Å². The average Bonchev–Trinajstić information content (AvgIpc) is 2.61. The summed E-state index contributed by atoms with van der Waals surface area (Å²) in [4.78, 5) is 0.202. The molecule has 0 unspecified atom stereocenters. The first-order chi connectivity index (χ1) is 12.7. The Hall–Kier alpha value is -2.25. The monoisotopic (exact) mass is 393 g/mol. The zero-order chi connectivity index (χ0) is 20.1. The molecule has 2 aromatic rings. The number of sulfonamides is 1. The van der Waals surface area contributed by atoms with Gasteiger partial charge in [0.15, 0.2) is 11.5 Å². The average molecular weight is 394 g/mol. The fraction of sp³-hybridized carbons (Fsp3) is 0.400. The van der Waals surface area contributed by atoms with Gasteiger partial charge in [0.1, 0.15) is 6.61 Å². The van der Waals surface area contributed by atoms with E-state index in [-0.39, 0.29) is 10.3 Å². The molecule has 0 aliphatic heterocycles. The van der Waals surface area contributed by atoms with Crippen LogP contribution in [-0.4, -0.2) is 35.9 Å². The molecule has 0 radical (unpaired) electrons. The third kappa shape index (κ3) is 5.61. The van der Waals surface area contributed by atoms with Crippen molar-refractivity contribution in [1.29, 1.82) is 0 Å². The van der Waals surface area contributed by atoms with E-state index < -0.39 is 10.0 Å². The Kier molecular flexibility index (Phi) is 6.73. The topological polar surface area (TPSA) is 73.9 Å². The molecule has 0 aliphatic rings. The number of nitrogens with one attached hydrogen (secondary N) is 1. The van der Waals surface area contributed by atoms with Crippen LogP contribution in [0.25, 0.3) is 0 Å². The lowest BCUT2D eigenvalue weighted by atomic mass is 9.87. The summed E-state index contributed by atoms with van der Waals surface area (Å²) in [5.41, 5.74) is 1.42. The largest absolute Gasteiger partial charge is 0.493 e. The molecule has 0 bridgehead atoms. The van der Waals surface area contributed by atoms with E-state index in [1.54, 1.807) is 37.4 Å². The first-order valence-electron chi connectivity index (χ1n) is 8.60. The second-order valence-corrected chi connectivity index (χ2v) is 8.77. The van der Waals surface area contributed by atoms with Gasteiger partial charge in [-0.05, 0) is 35.2 Å². The lowest BCUT2D eigenvalue weighted by Crippen LogP contribution is -2.15. The summed E-state index contributed by atoms with van der Waals surface area (Å²) < 4.78 is 43.8. The molecule has 1 N–H and O–H groups in total. The summed E-state index contributed by atoms with van der Waals surface area (Å²) >= 11 is 0. The van der Waals surface area contributed by atoms with Crippen LogP contribution in [0.1, 0.15) is 26.3 Å². The summed E-state index contributed by atoms with van der Waals surface area (Å²) in [6, 6.07) is 11.8. The van der Waals surface area contributed by atoms with Gasteiger partial charge in [0.2, 0.25) is 0 Å². The molecule has 0 fully saturated rings. The van der Waals surface area contributed by atoms with Crippen LogP contribution in [0.15, 0.2) is 47.4 Å². The molecule has 0 saturated carbocycles. The van der Waals surface area contributed by atoms with Crippen LogP contribution in [0.2, 0.25) is 0 Å². The normalized spacial score (nSPS) is 11.9. The van der Waals surface area contributed by atoms with E-state index in [0.717, 1.165) is 5.56 Å². The maximum absolute atomic E-state index is 12.7.